The smallest absolute Gasteiger partial charge is 0.337 e. The Morgan fingerprint density at radius 1 is 1.26 bits per heavy atom. The maximum absolute atomic E-state index is 11.8. The van der Waals surface area contributed by atoms with Gasteiger partial charge in [-0.05, 0) is 37.1 Å². The van der Waals surface area contributed by atoms with Gasteiger partial charge in [-0.25, -0.2) is 4.79 Å². The van der Waals surface area contributed by atoms with Gasteiger partial charge in [0.15, 0.2) is 6.29 Å². The first-order valence-corrected chi connectivity index (χ1v) is 8.48. The lowest BCUT2D eigenvalue weighted by atomic mass is 10.3. The molecule has 1 aliphatic heterocycles. The molecule has 27 heavy (non-hydrogen) atoms. The van der Waals surface area contributed by atoms with Crippen molar-refractivity contribution in [2.24, 2.45) is 0 Å². The first-order valence-electron chi connectivity index (χ1n) is 8.48. The highest BCUT2D eigenvalue weighted by Crippen LogP contribution is 2.23. The van der Waals surface area contributed by atoms with E-state index in [0.29, 0.717) is 5.69 Å². The third-order valence-corrected chi connectivity index (χ3v) is 4.13. The van der Waals surface area contributed by atoms with E-state index in [9.17, 15) is 20.0 Å². The average Bonchev–Trinajstić information content (AvgIpc) is 3.21. The van der Waals surface area contributed by atoms with Crippen molar-refractivity contribution in [3.8, 4) is 5.75 Å². The Kier molecular flexibility index (Phi) is 5.94. The number of benzene rings is 1. The highest BCUT2D eigenvalue weighted by atomic mass is 16.6. The van der Waals surface area contributed by atoms with Crippen LogP contribution in [0.2, 0.25) is 0 Å². The molecular weight excluding hydrogens is 354 g/mol. The van der Waals surface area contributed by atoms with Crippen LogP contribution in [0.3, 0.4) is 0 Å². The molecule has 1 aliphatic rings. The Morgan fingerprint density at radius 3 is 2.63 bits per heavy atom. The van der Waals surface area contributed by atoms with Crippen LogP contribution in [-0.4, -0.2) is 40.7 Å². The fourth-order valence-electron chi connectivity index (χ4n) is 2.77. The van der Waals surface area contributed by atoms with E-state index < -0.39 is 23.8 Å². The Balaban J connectivity index is 1.52. The van der Waals surface area contributed by atoms with Crippen LogP contribution in [0.25, 0.3) is 0 Å². The van der Waals surface area contributed by atoms with Crippen molar-refractivity contribution in [3.05, 3.63) is 58.4 Å². The van der Waals surface area contributed by atoms with Crippen LogP contribution < -0.4 is 9.64 Å². The molecular formula is C18H19N3O6. The van der Waals surface area contributed by atoms with Crippen LogP contribution in [0.4, 0.5) is 11.4 Å². The van der Waals surface area contributed by atoms with E-state index in [1.165, 1.54) is 24.3 Å². The zero-order valence-electron chi connectivity index (χ0n) is 14.5. The van der Waals surface area contributed by atoms with Gasteiger partial charge in [0.25, 0.3) is 5.69 Å². The number of hydrogen-bond donors (Lipinski definition) is 1. The van der Waals surface area contributed by atoms with Crippen LogP contribution in [0.15, 0.2) is 42.6 Å². The van der Waals surface area contributed by atoms with Gasteiger partial charge in [0.1, 0.15) is 12.4 Å². The topological polar surface area (TPSA) is 115 Å². The molecule has 1 unspecified atom stereocenters. The number of pyridine rings is 1. The maximum atomic E-state index is 11.8. The van der Waals surface area contributed by atoms with E-state index in [2.05, 4.69) is 9.88 Å². The SMILES string of the molecule is O=C(COC(O)c1cc(N2CCCC2)ccn1)Oc1ccc([N+](=O)[O-])cc1. The van der Waals surface area contributed by atoms with Crippen LogP contribution >= 0.6 is 0 Å². The maximum Gasteiger partial charge on any atom is 0.337 e. The highest BCUT2D eigenvalue weighted by Gasteiger charge is 2.17. The predicted molar refractivity (Wildman–Crippen MR) is 95.3 cm³/mol. The largest absolute Gasteiger partial charge is 0.425 e. The fourth-order valence-corrected chi connectivity index (χ4v) is 2.77. The summed E-state index contributed by atoms with van der Waals surface area (Å²) in [5, 5.41) is 20.7. The molecule has 9 nitrogen and oxygen atoms in total. The minimum absolute atomic E-state index is 0.106. The van der Waals surface area contributed by atoms with Crippen LogP contribution in [-0.2, 0) is 9.53 Å². The van der Waals surface area contributed by atoms with Crippen molar-refractivity contribution in [2.45, 2.75) is 19.1 Å². The lowest BCUT2D eigenvalue weighted by Crippen LogP contribution is -2.20. The van der Waals surface area contributed by atoms with Crippen molar-refractivity contribution in [1.29, 1.82) is 0 Å². The second kappa shape index (κ2) is 8.56. The number of carbonyl (C=O) groups is 1. The van der Waals surface area contributed by atoms with Gasteiger partial charge < -0.3 is 19.5 Å². The van der Waals surface area contributed by atoms with E-state index in [0.717, 1.165) is 31.6 Å². The third kappa shape index (κ3) is 4.99. The predicted octanol–water partition coefficient (Wildman–Crippen LogP) is 2.20. The number of carbonyl (C=O) groups excluding carboxylic acids is 1. The van der Waals surface area contributed by atoms with E-state index in [1.807, 2.05) is 6.07 Å². The summed E-state index contributed by atoms with van der Waals surface area (Å²) in [6.45, 7) is 1.43. The van der Waals surface area contributed by atoms with E-state index in [-0.39, 0.29) is 11.4 Å². The minimum atomic E-state index is -1.36. The number of aromatic nitrogens is 1. The molecule has 1 saturated heterocycles. The summed E-state index contributed by atoms with van der Waals surface area (Å²) in [5.41, 5.74) is 1.15. The van der Waals surface area contributed by atoms with Gasteiger partial charge in [0.2, 0.25) is 0 Å². The van der Waals surface area contributed by atoms with Crippen molar-refractivity contribution in [2.75, 3.05) is 24.6 Å². The van der Waals surface area contributed by atoms with Gasteiger partial charge >= 0.3 is 5.97 Å². The van der Waals surface area contributed by atoms with E-state index >= 15 is 0 Å². The number of hydrogen-bond acceptors (Lipinski definition) is 8. The monoisotopic (exact) mass is 373 g/mol. The number of non-ortho nitro benzene ring substituents is 1. The molecule has 3 rings (SSSR count). The molecule has 1 atom stereocenters. The quantitative estimate of drug-likeness (QED) is 0.258. The molecule has 0 amide bonds. The van der Waals surface area contributed by atoms with Crippen molar-refractivity contribution < 1.29 is 24.3 Å². The molecule has 2 heterocycles. The molecule has 142 valence electrons. The molecule has 1 fully saturated rings. The number of nitro groups is 1. The summed E-state index contributed by atoms with van der Waals surface area (Å²) >= 11 is 0. The van der Waals surface area contributed by atoms with Crippen LogP contribution in [0.5, 0.6) is 5.75 Å². The van der Waals surface area contributed by atoms with Gasteiger partial charge in [-0.1, -0.05) is 0 Å². The van der Waals surface area contributed by atoms with Gasteiger partial charge in [-0.3, -0.25) is 15.1 Å². The first-order chi connectivity index (χ1) is 13.0. The van der Waals surface area contributed by atoms with Crippen LogP contribution in [0, 0.1) is 10.1 Å². The lowest BCUT2D eigenvalue weighted by molar-refractivity contribution is -0.384. The zero-order valence-corrected chi connectivity index (χ0v) is 14.5. The Bertz CT molecular complexity index is 805. The zero-order chi connectivity index (χ0) is 19.2. The van der Waals surface area contributed by atoms with Crippen LogP contribution in [0.1, 0.15) is 24.8 Å². The number of esters is 1. The molecule has 1 aromatic heterocycles. The molecule has 2 aromatic rings. The second-order valence-electron chi connectivity index (χ2n) is 6.02. The molecule has 0 aliphatic carbocycles. The molecule has 0 saturated carbocycles. The Morgan fingerprint density at radius 2 is 1.96 bits per heavy atom. The summed E-state index contributed by atoms with van der Waals surface area (Å²) in [6.07, 6.45) is 2.48. The van der Waals surface area contributed by atoms with Gasteiger partial charge in [0, 0.05) is 37.1 Å². The number of anilines is 1. The first kappa shape index (κ1) is 18.7. The van der Waals surface area contributed by atoms with Gasteiger partial charge in [0.05, 0.1) is 10.6 Å². The van der Waals surface area contributed by atoms with E-state index in [4.69, 9.17) is 9.47 Å². The number of ether oxygens (including phenoxy) is 2. The average molecular weight is 373 g/mol. The minimum Gasteiger partial charge on any atom is -0.425 e. The number of aliphatic hydroxyl groups is 1. The molecule has 0 bridgehead atoms. The van der Waals surface area contributed by atoms with Crippen molar-refractivity contribution >= 4 is 17.3 Å². The van der Waals surface area contributed by atoms with Crippen molar-refractivity contribution in [1.82, 2.24) is 4.98 Å². The molecule has 1 N–H and O–H groups in total. The summed E-state index contributed by atoms with van der Waals surface area (Å²) < 4.78 is 10.1. The summed E-state index contributed by atoms with van der Waals surface area (Å²) in [4.78, 5) is 28.1. The molecule has 0 spiro atoms. The Hall–Kier alpha value is -3.04. The molecule has 9 heteroatoms. The number of nitro benzene ring substituents is 1. The second-order valence-corrected chi connectivity index (χ2v) is 6.02. The summed E-state index contributed by atoms with van der Waals surface area (Å²) in [6, 6.07) is 8.68. The van der Waals surface area contributed by atoms with Crippen molar-refractivity contribution in [3.63, 3.8) is 0 Å². The normalized spacial score (nSPS) is 14.8. The fraction of sp³-hybridized carbons (Fsp3) is 0.333. The number of nitrogens with zero attached hydrogens (tertiary/aromatic N) is 3. The number of aliphatic hydroxyl groups excluding tert-OH is 1. The molecule has 1 aromatic carbocycles. The lowest BCUT2D eigenvalue weighted by Gasteiger charge is -2.19. The van der Waals surface area contributed by atoms with Gasteiger partial charge in [-0.2, -0.15) is 0 Å². The molecule has 0 radical (unpaired) electrons. The highest BCUT2D eigenvalue weighted by molar-refractivity contribution is 5.73. The summed E-state index contributed by atoms with van der Waals surface area (Å²) in [7, 11) is 0. The summed E-state index contributed by atoms with van der Waals surface area (Å²) in [5.74, 6) is -0.587. The van der Waals surface area contributed by atoms with Gasteiger partial charge in [-0.15, -0.1) is 0 Å². The van der Waals surface area contributed by atoms with E-state index in [1.54, 1.807) is 12.3 Å². The third-order valence-electron chi connectivity index (χ3n) is 4.13. The standard InChI is InChI=1S/C18H19N3O6/c22-17(27-15-5-3-13(4-6-15)21(24)25)12-26-18(23)16-11-14(7-8-19-16)20-9-1-2-10-20/h3-8,11,18,23H,1-2,9-10,12H2. The Labute approximate surface area is 155 Å². The number of rotatable bonds is 7.